The van der Waals surface area contributed by atoms with Gasteiger partial charge in [0.05, 0.1) is 11.6 Å². The first kappa shape index (κ1) is 22.7. The van der Waals surface area contributed by atoms with Gasteiger partial charge in [0, 0.05) is 41.2 Å². The van der Waals surface area contributed by atoms with Crippen LogP contribution in [0.3, 0.4) is 0 Å². The van der Waals surface area contributed by atoms with E-state index in [1.807, 2.05) is 30.5 Å². The van der Waals surface area contributed by atoms with Crippen LogP contribution in [-0.4, -0.2) is 45.8 Å². The van der Waals surface area contributed by atoms with Crippen LogP contribution in [0.1, 0.15) is 46.7 Å². The summed E-state index contributed by atoms with van der Waals surface area (Å²) in [5, 5.41) is 11.5. The fourth-order valence-corrected chi connectivity index (χ4v) is 5.00. The maximum Gasteiger partial charge on any atom is 0.360 e. The Labute approximate surface area is 200 Å². The highest BCUT2D eigenvalue weighted by Crippen LogP contribution is 2.33. The average molecular weight is 491 g/mol. The number of rotatable bonds is 5. The van der Waals surface area contributed by atoms with Gasteiger partial charge in [0.25, 0.3) is 0 Å². The van der Waals surface area contributed by atoms with E-state index in [-0.39, 0.29) is 12.3 Å². The lowest BCUT2D eigenvalue weighted by atomic mass is 9.98. The lowest BCUT2D eigenvalue weighted by molar-refractivity contribution is 0.0514. The number of nitrogens with zero attached hydrogens (tertiary/aromatic N) is 3. The van der Waals surface area contributed by atoms with Gasteiger partial charge in [0.1, 0.15) is 5.69 Å². The highest BCUT2D eigenvalue weighted by molar-refractivity contribution is 7.80. The second-order valence-corrected chi connectivity index (χ2v) is 9.16. The van der Waals surface area contributed by atoms with Crippen molar-refractivity contribution in [2.75, 3.05) is 25.0 Å². The predicted octanol–water partition coefficient (Wildman–Crippen LogP) is 5.51. The minimum absolute atomic E-state index is 0.153. The van der Waals surface area contributed by atoms with Crippen molar-refractivity contribution in [3.63, 3.8) is 0 Å². The Hall–Kier alpha value is -2.49. The third-order valence-corrected chi connectivity index (χ3v) is 7.19. The number of piperidine rings is 1. The second-order valence-electron chi connectivity index (χ2n) is 7.47. The Morgan fingerprint density at radius 1 is 1.41 bits per heavy atom. The van der Waals surface area contributed by atoms with Crippen LogP contribution >= 0.6 is 35.2 Å². The minimum atomic E-state index is -0.497. The summed E-state index contributed by atoms with van der Waals surface area (Å²) in [5.74, 6) is 0.325. The van der Waals surface area contributed by atoms with Crippen molar-refractivity contribution in [1.29, 1.82) is 0 Å². The largest absolute Gasteiger partial charge is 0.461 e. The smallest absolute Gasteiger partial charge is 0.360 e. The van der Waals surface area contributed by atoms with E-state index < -0.39 is 5.97 Å². The van der Waals surface area contributed by atoms with Gasteiger partial charge in [-0.05, 0) is 56.6 Å². The molecule has 7 nitrogen and oxygen atoms in total. The van der Waals surface area contributed by atoms with Crippen molar-refractivity contribution in [2.45, 2.75) is 32.6 Å². The van der Waals surface area contributed by atoms with Crippen LogP contribution in [0.15, 0.2) is 34.2 Å². The molecule has 1 saturated heterocycles. The van der Waals surface area contributed by atoms with Gasteiger partial charge in [-0.3, -0.25) is 0 Å². The fourth-order valence-electron chi connectivity index (χ4n) is 3.55. The van der Waals surface area contributed by atoms with Gasteiger partial charge in [0.2, 0.25) is 0 Å². The number of benzene rings is 1. The Kier molecular flexibility index (Phi) is 7.07. The number of aromatic nitrogens is 2. The van der Waals surface area contributed by atoms with Gasteiger partial charge >= 0.3 is 5.97 Å². The molecule has 1 aromatic carbocycles. The van der Waals surface area contributed by atoms with Crippen LogP contribution in [0, 0.1) is 6.92 Å². The Bertz CT molecular complexity index is 1120. The summed E-state index contributed by atoms with van der Waals surface area (Å²) >= 11 is 13.4. The van der Waals surface area contributed by atoms with E-state index >= 15 is 0 Å². The molecule has 32 heavy (non-hydrogen) atoms. The van der Waals surface area contributed by atoms with Crippen molar-refractivity contribution in [3.8, 4) is 11.5 Å². The van der Waals surface area contributed by atoms with Crippen molar-refractivity contribution in [2.24, 2.45) is 0 Å². The van der Waals surface area contributed by atoms with Gasteiger partial charge in [-0.2, -0.15) is 0 Å². The normalized spacial score (nSPS) is 14.4. The van der Waals surface area contributed by atoms with Gasteiger partial charge in [0.15, 0.2) is 16.6 Å². The average Bonchev–Trinajstić information content (AvgIpc) is 3.47. The number of hydrogen-bond donors (Lipinski definition) is 1. The van der Waals surface area contributed by atoms with Crippen molar-refractivity contribution in [1.82, 2.24) is 15.0 Å². The molecule has 0 amide bonds. The topological polar surface area (TPSA) is 80.5 Å². The second kappa shape index (κ2) is 9.97. The molecule has 4 rings (SSSR count). The predicted molar refractivity (Wildman–Crippen MR) is 130 cm³/mol. The summed E-state index contributed by atoms with van der Waals surface area (Å²) in [6.07, 6.45) is 1.90. The van der Waals surface area contributed by atoms with E-state index in [2.05, 4.69) is 15.4 Å². The SMILES string of the molecule is CCOC(=O)c1cc(-c2csc(C3CCN(C(=S)Nc4cccc(Cl)c4C)CC3)n2)on1. The maximum atomic E-state index is 11.8. The number of esters is 1. The van der Waals surface area contributed by atoms with E-state index in [9.17, 15) is 4.79 Å². The number of carbonyl (C=O) groups is 1. The molecule has 168 valence electrons. The number of ether oxygens (including phenoxy) is 1. The van der Waals surface area contributed by atoms with Gasteiger partial charge in [-0.15, -0.1) is 11.3 Å². The summed E-state index contributed by atoms with van der Waals surface area (Å²) < 4.78 is 10.2. The standard InChI is InChI=1S/C22H23ClN4O3S2/c1-3-29-21(28)17-11-19(30-26-17)18-12-32-20(24-18)14-7-9-27(10-8-14)22(31)25-16-6-4-5-15(23)13(16)2/h4-6,11-12,14H,3,7-10H2,1-2H3,(H,25,31). The number of hydrogen-bond acceptors (Lipinski definition) is 7. The molecule has 1 aliphatic rings. The van der Waals surface area contributed by atoms with E-state index in [0.29, 0.717) is 22.5 Å². The van der Waals surface area contributed by atoms with Crippen LogP contribution in [0.4, 0.5) is 5.69 Å². The number of carbonyl (C=O) groups excluding carboxylic acids is 1. The molecule has 10 heteroatoms. The number of halogens is 1. The Morgan fingerprint density at radius 2 is 2.19 bits per heavy atom. The summed E-state index contributed by atoms with van der Waals surface area (Å²) in [5.41, 5.74) is 2.76. The summed E-state index contributed by atoms with van der Waals surface area (Å²) in [4.78, 5) is 18.7. The van der Waals surface area contributed by atoms with E-state index in [1.165, 1.54) is 0 Å². The molecule has 1 N–H and O–H groups in total. The van der Waals surface area contributed by atoms with Crippen LogP contribution in [-0.2, 0) is 4.74 Å². The Balaban J connectivity index is 1.35. The zero-order chi connectivity index (χ0) is 22.7. The van der Waals surface area contributed by atoms with E-state index in [0.717, 1.165) is 47.2 Å². The number of thiazole rings is 1. The van der Waals surface area contributed by atoms with Gasteiger partial charge in [-0.25, -0.2) is 9.78 Å². The summed E-state index contributed by atoms with van der Waals surface area (Å²) in [7, 11) is 0. The molecular formula is C22H23ClN4O3S2. The van der Waals surface area contributed by atoms with E-state index in [4.69, 9.17) is 38.1 Å². The van der Waals surface area contributed by atoms with Gasteiger partial charge < -0.3 is 19.5 Å². The molecule has 0 radical (unpaired) electrons. The molecule has 0 spiro atoms. The highest BCUT2D eigenvalue weighted by Gasteiger charge is 2.25. The molecule has 0 aliphatic carbocycles. The highest BCUT2D eigenvalue weighted by atomic mass is 35.5. The zero-order valence-electron chi connectivity index (χ0n) is 17.8. The van der Waals surface area contributed by atoms with Crippen molar-refractivity contribution < 1.29 is 14.1 Å². The third kappa shape index (κ3) is 4.95. The molecule has 2 aromatic heterocycles. The lowest BCUT2D eigenvalue weighted by Gasteiger charge is -2.33. The van der Waals surface area contributed by atoms with Crippen LogP contribution < -0.4 is 5.32 Å². The number of anilines is 1. The maximum absolute atomic E-state index is 11.8. The van der Waals surface area contributed by atoms with Crippen LogP contribution in [0.2, 0.25) is 5.02 Å². The first-order valence-electron chi connectivity index (χ1n) is 10.4. The molecule has 3 heterocycles. The molecule has 0 bridgehead atoms. The number of nitrogens with one attached hydrogen (secondary N) is 1. The summed E-state index contributed by atoms with van der Waals surface area (Å²) in [6, 6.07) is 7.34. The number of likely N-dealkylation sites (tertiary alicyclic amines) is 1. The quantitative estimate of drug-likeness (QED) is 0.370. The molecule has 0 unspecified atom stereocenters. The molecule has 1 fully saturated rings. The van der Waals surface area contributed by atoms with Crippen LogP contribution in [0.25, 0.3) is 11.5 Å². The Morgan fingerprint density at radius 3 is 2.94 bits per heavy atom. The van der Waals surface area contributed by atoms with Crippen molar-refractivity contribution >= 4 is 51.9 Å². The first-order chi connectivity index (χ1) is 15.5. The summed E-state index contributed by atoms with van der Waals surface area (Å²) in [6.45, 7) is 5.71. The van der Waals surface area contributed by atoms with Crippen LogP contribution in [0.5, 0.6) is 0 Å². The fraction of sp³-hybridized carbons (Fsp3) is 0.364. The zero-order valence-corrected chi connectivity index (χ0v) is 20.1. The molecule has 1 aliphatic heterocycles. The minimum Gasteiger partial charge on any atom is -0.461 e. The lowest BCUT2D eigenvalue weighted by Crippen LogP contribution is -2.40. The van der Waals surface area contributed by atoms with Crippen molar-refractivity contribution in [3.05, 3.63) is 50.9 Å². The molecule has 0 saturated carbocycles. The first-order valence-corrected chi connectivity index (χ1v) is 12.0. The monoisotopic (exact) mass is 490 g/mol. The van der Waals surface area contributed by atoms with Gasteiger partial charge in [-0.1, -0.05) is 22.8 Å². The van der Waals surface area contributed by atoms with E-state index in [1.54, 1.807) is 24.3 Å². The molecule has 3 aromatic rings. The molecular weight excluding hydrogens is 468 g/mol. The molecule has 0 atom stereocenters. The third-order valence-electron chi connectivity index (χ3n) is 5.41. The number of thiocarbonyl (C=S) groups is 1.